The average molecular weight is 420 g/mol. The van der Waals surface area contributed by atoms with Gasteiger partial charge in [0.05, 0.1) is 19.3 Å². The summed E-state index contributed by atoms with van der Waals surface area (Å²) in [5.41, 5.74) is 0.703. The molecule has 1 saturated heterocycles. The van der Waals surface area contributed by atoms with Gasteiger partial charge < -0.3 is 14.7 Å². The largest absolute Gasteiger partial charge is 0.344 e. The first-order valence-electron chi connectivity index (χ1n) is 8.66. The van der Waals surface area contributed by atoms with Crippen molar-refractivity contribution < 1.29 is 22.5 Å². The van der Waals surface area contributed by atoms with E-state index in [4.69, 9.17) is 9.67 Å². The molecular formula is C15H29N5O5SSi. The van der Waals surface area contributed by atoms with Gasteiger partial charge in [0.1, 0.15) is 6.04 Å². The van der Waals surface area contributed by atoms with Gasteiger partial charge in [0.2, 0.25) is 14.2 Å². The van der Waals surface area contributed by atoms with Gasteiger partial charge in [-0.05, 0) is 30.6 Å². The Hall–Kier alpha value is -1.47. The number of fused-ring (bicyclic) bond motifs is 2. The Balaban J connectivity index is 2.13. The molecule has 2 rings (SSSR count). The summed E-state index contributed by atoms with van der Waals surface area (Å²) < 4.78 is 30.0. The van der Waals surface area contributed by atoms with Gasteiger partial charge in [-0.15, -0.1) is 0 Å². The molecule has 0 aromatic heterocycles. The molecule has 0 saturated carbocycles. The molecule has 0 radical (unpaired) electrons. The first-order chi connectivity index (χ1) is 12.1. The number of nitrogens with two attached hydrogens (primary N) is 1. The highest BCUT2D eigenvalue weighted by molar-refractivity contribution is 7.87. The van der Waals surface area contributed by atoms with E-state index in [1.165, 1.54) is 9.96 Å². The van der Waals surface area contributed by atoms with E-state index >= 15 is 0 Å². The third kappa shape index (κ3) is 4.69. The minimum atomic E-state index is -3.91. The zero-order chi connectivity index (χ0) is 20.8. The van der Waals surface area contributed by atoms with Crippen molar-refractivity contribution in [3.05, 3.63) is 11.6 Å². The molecule has 10 nitrogen and oxygen atoms in total. The summed E-state index contributed by atoms with van der Waals surface area (Å²) in [7, 11) is -6.14. The van der Waals surface area contributed by atoms with Crippen LogP contribution in [0.4, 0.5) is 4.79 Å². The minimum Gasteiger partial charge on any atom is -0.340 e. The number of urea groups is 1. The predicted molar refractivity (Wildman–Crippen MR) is 103 cm³/mol. The molecule has 0 aliphatic carbocycles. The Kier molecular flexibility index (Phi) is 5.79. The smallest absolute Gasteiger partial charge is 0.340 e. The lowest BCUT2D eigenvalue weighted by molar-refractivity contribution is -0.124. The van der Waals surface area contributed by atoms with Gasteiger partial charge >= 0.3 is 6.03 Å². The Morgan fingerprint density at radius 2 is 2.00 bits per heavy atom. The molecule has 2 atom stereocenters. The maximum atomic E-state index is 12.9. The van der Waals surface area contributed by atoms with Crippen LogP contribution in [-0.2, 0) is 19.5 Å². The van der Waals surface area contributed by atoms with E-state index in [1.807, 2.05) is 10.8 Å². The van der Waals surface area contributed by atoms with Crippen LogP contribution in [0.25, 0.3) is 0 Å². The quantitative estimate of drug-likeness (QED) is 0.322. The molecule has 0 spiro atoms. The Bertz CT molecular complexity index is 761. The monoisotopic (exact) mass is 419 g/mol. The lowest BCUT2D eigenvalue weighted by atomic mass is 10.0. The molecule has 2 aliphatic heterocycles. The van der Waals surface area contributed by atoms with Gasteiger partial charge in [-0.1, -0.05) is 26.8 Å². The van der Waals surface area contributed by atoms with Crippen LogP contribution in [0.15, 0.2) is 11.6 Å². The van der Waals surface area contributed by atoms with Crippen LogP contribution >= 0.6 is 0 Å². The first kappa shape index (κ1) is 21.8. The fourth-order valence-corrected chi connectivity index (χ4v) is 4.01. The number of rotatable bonds is 6. The zero-order valence-corrected chi connectivity index (χ0v) is 18.4. The Labute approximate surface area is 161 Å². The summed E-state index contributed by atoms with van der Waals surface area (Å²) in [6.45, 7) is 12.1. The minimum absolute atomic E-state index is 0.0752. The van der Waals surface area contributed by atoms with Crippen LogP contribution in [0.2, 0.25) is 18.1 Å². The lowest BCUT2D eigenvalue weighted by Crippen LogP contribution is -2.52. The van der Waals surface area contributed by atoms with Gasteiger partial charge in [-0.2, -0.15) is 13.1 Å². The molecule has 1 fully saturated rings. The molecule has 27 heavy (non-hydrogen) atoms. The van der Waals surface area contributed by atoms with Gasteiger partial charge in [-0.25, -0.2) is 15.0 Å². The number of amides is 3. The van der Waals surface area contributed by atoms with Crippen LogP contribution < -0.4 is 15.2 Å². The predicted octanol–water partition coefficient (Wildman–Crippen LogP) is 0.225. The highest BCUT2D eigenvalue weighted by atomic mass is 32.2. The molecule has 4 N–H and O–H groups in total. The molecule has 2 heterocycles. The zero-order valence-electron chi connectivity index (χ0n) is 16.6. The molecule has 2 bridgehead atoms. The van der Waals surface area contributed by atoms with Gasteiger partial charge in [-0.3, -0.25) is 4.79 Å². The highest BCUT2D eigenvalue weighted by Crippen LogP contribution is 2.39. The number of nitrogens with one attached hydrogen (secondary N) is 2. The fraction of sp³-hybridized carbons (Fsp3) is 0.733. The molecule has 0 aromatic rings. The van der Waals surface area contributed by atoms with E-state index in [-0.39, 0.29) is 23.8 Å². The molecule has 3 amide bonds. The van der Waals surface area contributed by atoms with Crippen LogP contribution in [0.3, 0.4) is 0 Å². The van der Waals surface area contributed by atoms with Gasteiger partial charge in [0.15, 0.2) is 0 Å². The Morgan fingerprint density at radius 3 is 2.52 bits per heavy atom. The summed E-state index contributed by atoms with van der Waals surface area (Å²) in [4.78, 5) is 26.8. The summed E-state index contributed by atoms with van der Waals surface area (Å²) in [6, 6.07) is -1.43. The second kappa shape index (κ2) is 7.17. The van der Waals surface area contributed by atoms with Crippen LogP contribution in [-0.4, -0.2) is 63.9 Å². The normalized spacial score (nSPS) is 23.5. The van der Waals surface area contributed by atoms with E-state index in [0.29, 0.717) is 12.1 Å². The van der Waals surface area contributed by atoms with Crippen LogP contribution in [0.5, 0.6) is 0 Å². The second-order valence-corrected chi connectivity index (χ2v) is 14.5. The van der Waals surface area contributed by atoms with E-state index in [0.717, 1.165) is 0 Å². The molecule has 12 heteroatoms. The van der Waals surface area contributed by atoms with E-state index in [9.17, 15) is 18.0 Å². The first-order valence-corrected chi connectivity index (χ1v) is 13.1. The molecule has 2 aliphatic rings. The molecule has 0 unspecified atom stereocenters. The lowest BCUT2D eigenvalue weighted by Gasteiger charge is -2.39. The number of hydroxylamine groups is 2. The number of hydrogen-bond donors (Lipinski definition) is 3. The second-order valence-electron chi connectivity index (χ2n) is 8.40. The van der Waals surface area contributed by atoms with Crippen molar-refractivity contribution in [3.8, 4) is 0 Å². The number of hydrogen-bond acceptors (Lipinski definition) is 5. The third-order valence-corrected chi connectivity index (χ3v) is 10.0. The van der Waals surface area contributed by atoms with Crippen molar-refractivity contribution in [3.63, 3.8) is 0 Å². The number of carbonyl (C=O) groups excluding carboxylic acids is 2. The number of nitrogens with zero attached hydrogens (tertiary/aromatic N) is 2. The highest BCUT2D eigenvalue weighted by Gasteiger charge is 2.50. The van der Waals surface area contributed by atoms with Crippen molar-refractivity contribution in [1.82, 2.24) is 20.0 Å². The summed E-state index contributed by atoms with van der Waals surface area (Å²) >= 11 is 0. The SMILES string of the molecule is CC1=C[C@@H]2CN(C(=O)N2O[Si](C)(C)C(C)(C)C)[C@@H]1C(=O)NCNS(N)(=O)=O. The topological polar surface area (TPSA) is 134 Å². The van der Waals surface area contributed by atoms with Crippen LogP contribution in [0.1, 0.15) is 27.7 Å². The van der Waals surface area contributed by atoms with E-state index in [1.54, 1.807) is 6.92 Å². The van der Waals surface area contributed by atoms with Crippen molar-refractivity contribution in [2.75, 3.05) is 13.2 Å². The van der Waals surface area contributed by atoms with Crippen LogP contribution in [0, 0.1) is 0 Å². The van der Waals surface area contributed by atoms with Crippen molar-refractivity contribution >= 4 is 30.5 Å². The van der Waals surface area contributed by atoms with Crippen molar-refractivity contribution in [2.24, 2.45) is 5.14 Å². The van der Waals surface area contributed by atoms with E-state index in [2.05, 4.69) is 39.2 Å². The van der Waals surface area contributed by atoms with Gasteiger partial charge in [0.25, 0.3) is 10.2 Å². The fourth-order valence-electron chi connectivity index (χ4n) is 2.76. The van der Waals surface area contributed by atoms with Crippen molar-refractivity contribution in [1.29, 1.82) is 0 Å². The molecule has 154 valence electrons. The maximum Gasteiger partial charge on any atom is 0.344 e. The Morgan fingerprint density at radius 1 is 1.41 bits per heavy atom. The molecular weight excluding hydrogens is 390 g/mol. The third-order valence-electron chi connectivity index (χ3n) is 5.23. The summed E-state index contributed by atoms with van der Waals surface area (Å²) in [5.74, 6) is -0.485. The van der Waals surface area contributed by atoms with Crippen molar-refractivity contribution in [2.45, 2.75) is 57.9 Å². The summed E-state index contributed by atoms with van der Waals surface area (Å²) in [6.07, 6.45) is 1.85. The molecule has 0 aromatic carbocycles. The number of carbonyl (C=O) groups is 2. The van der Waals surface area contributed by atoms with Gasteiger partial charge in [0, 0.05) is 0 Å². The average Bonchev–Trinajstić information content (AvgIpc) is 2.70. The standard InChI is InChI=1S/C15H29N5O5SSi/c1-10-7-11-8-19(12(10)13(21)17-9-18-26(16,23)24)14(22)20(11)25-27(5,6)15(2,3)4/h7,11-12,18H,8-9H2,1-6H3,(H,17,21)(H2,16,23,24)/t11-,12+/m1/s1. The summed E-state index contributed by atoms with van der Waals surface area (Å²) in [5, 5.41) is 8.58. The maximum absolute atomic E-state index is 12.9. The van der Waals surface area contributed by atoms with E-state index < -0.39 is 30.5 Å².